The predicted molar refractivity (Wildman–Crippen MR) is 125 cm³/mol. The number of benzene rings is 1. The smallest absolute Gasteiger partial charge is 0.340 e. The Morgan fingerprint density at radius 2 is 1.86 bits per heavy atom. The summed E-state index contributed by atoms with van der Waals surface area (Å²) in [5.41, 5.74) is -1.58. The van der Waals surface area contributed by atoms with Gasteiger partial charge in [-0.25, -0.2) is 9.59 Å². The van der Waals surface area contributed by atoms with Crippen molar-refractivity contribution in [2.45, 2.75) is 75.0 Å². The van der Waals surface area contributed by atoms with Gasteiger partial charge in [0.05, 0.1) is 17.8 Å². The fourth-order valence-electron chi connectivity index (χ4n) is 4.34. The number of carboxylic acids is 1. The van der Waals surface area contributed by atoms with Gasteiger partial charge in [-0.2, -0.15) is 0 Å². The Bertz CT molecular complexity index is 1230. The number of ether oxygens (including phenoxy) is 3. The van der Waals surface area contributed by atoms with E-state index in [1.807, 2.05) is 6.07 Å². The summed E-state index contributed by atoms with van der Waals surface area (Å²) >= 11 is 0. The molecule has 196 valence electrons. The summed E-state index contributed by atoms with van der Waals surface area (Å²) in [5, 5.41) is 50.2. The van der Waals surface area contributed by atoms with Crippen LogP contribution in [0.25, 0.3) is 11.0 Å². The van der Waals surface area contributed by atoms with E-state index in [4.69, 9.17) is 18.6 Å². The largest absolute Gasteiger partial charge is 0.487 e. The average Bonchev–Trinajstić information content (AvgIpc) is 3.23. The summed E-state index contributed by atoms with van der Waals surface area (Å²) < 4.78 is 22.1. The van der Waals surface area contributed by atoms with Gasteiger partial charge in [0, 0.05) is 23.3 Å². The number of rotatable bonds is 7. The molecular weight excluding hydrogens is 476 g/mol. The molecule has 0 bridgehead atoms. The molecule has 1 aromatic heterocycles. The van der Waals surface area contributed by atoms with Gasteiger partial charge >= 0.3 is 11.6 Å². The molecule has 11 heteroatoms. The monoisotopic (exact) mass is 506 g/mol. The highest BCUT2D eigenvalue weighted by molar-refractivity contribution is 5.81. The van der Waals surface area contributed by atoms with Crippen LogP contribution in [0.4, 0.5) is 0 Å². The number of aliphatic hydroxyl groups excluding tert-OH is 3. The van der Waals surface area contributed by atoms with E-state index in [2.05, 4.69) is 6.58 Å². The maximum Gasteiger partial charge on any atom is 0.340 e. The third-order valence-corrected chi connectivity index (χ3v) is 6.80. The number of aliphatic hydroxyl groups is 4. The fourth-order valence-corrected chi connectivity index (χ4v) is 4.34. The molecule has 0 saturated carbocycles. The molecule has 11 nitrogen and oxygen atoms in total. The summed E-state index contributed by atoms with van der Waals surface area (Å²) in [7, 11) is 0. The zero-order valence-corrected chi connectivity index (χ0v) is 20.1. The van der Waals surface area contributed by atoms with Crippen LogP contribution in [0.5, 0.6) is 5.75 Å². The van der Waals surface area contributed by atoms with Crippen molar-refractivity contribution in [3.05, 3.63) is 52.4 Å². The molecule has 5 N–H and O–H groups in total. The number of carboxylic acid groups (broad SMARTS) is 1. The molecule has 0 radical (unpaired) electrons. The molecule has 7 unspecified atom stereocenters. The van der Waals surface area contributed by atoms with Crippen LogP contribution in [-0.2, 0) is 26.1 Å². The van der Waals surface area contributed by atoms with Crippen molar-refractivity contribution in [3.8, 4) is 5.75 Å². The third kappa shape index (κ3) is 4.65. The standard InChI is InChI=1S/C25H30O11/c1-5-25(4,10-33-23-19(28)17(26)18(27)20(36-23)21(29)30)13-7-11-6-12-8-16(24(2,3)32)34-14(12)9-15(11)35-22(13)31/h5-7,9,16-20,23,26-28,32H,1,8,10H2,2-4H3,(H,29,30). The minimum absolute atomic E-state index is 0.184. The molecule has 7 atom stereocenters. The van der Waals surface area contributed by atoms with Gasteiger partial charge < -0.3 is 44.2 Å². The lowest BCUT2D eigenvalue weighted by atomic mass is 9.84. The molecule has 0 amide bonds. The van der Waals surface area contributed by atoms with E-state index >= 15 is 0 Å². The van der Waals surface area contributed by atoms with Gasteiger partial charge in [-0.3, -0.25) is 0 Å². The van der Waals surface area contributed by atoms with E-state index in [-0.39, 0.29) is 12.2 Å². The molecule has 0 spiro atoms. The van der Waals surface area contributed by atoms with Gasteiger partial charge in [0.2, 0.25) is 0 Å². The van der Waals surface area contributed by atoms with Gasteiger partial charge in [-0.1, -0.05) is 6.08 Å². The highest BCUT2D eigenvalue weighted by Gasteiger charge is 2.48. The highest BCUT2D eigenvalue weighted by Crippen LogP contribution is 2.37. The fraction of sp³-hybridized carbons (Fsp3) is 0.520. The predicted octanol–water partition coefficient (Wildman–Crippen LogP) is 0.220. The first-order valence-electron chi connectivity index (χ1n) is 11.4. The summed E-state index contributed by atoms with van der Waals surface area (Å²) in [4.78, 5) is 24.3. The van der Waals surface area contributed by atoms with Gasteiger partial charge in [-0.05, 0) is 38.5 Å². The van der Waals surface area contributed by atoms with Crippen molar-refractivity contribution in [3.63, 3.8) is 0 Å². The Labute approximate surface area is 206 Å². The second-order valence-corrected chi connectivity index (χ2v) is 10.1. The molecule has 36 heavy (non-hydrogen) atoms. The summed E-state index contributed by atoms with van der Waals surface area (Å²) in [6, 6.07) is 5.05. The number of aliphatic carboxylic acids is 1. The van der Waals surface area contributed by atoms with Crippen molar-refractivity contribution >= 4 is 16.9 Å². The van der Waals surface area contributed by atoms with E-state index in [1.54, 1.807) is 32.9 Å². The quantitative estimate of drug-likeness (QED) is 0.256. The van der Waals surface area contributed by atoms with E-state index in [0.717, 1.165) is 5.56 Å². The van der Waals surface area contributed by atoms with Crippen LogP contribution in [0, 0.1) is 0 Å². The summed E-state index contributed by atoms with van der Waals surface area (Å²) in [6.07, 6.45) is -7.33. The Balaban J connectivity index is 1.61. The molecule has 1 saturated heterocycles. The van der Waals surface area contributed by atoms with Crippen molar-refractivity contribution in [1.82, 2.24) is 0 Å². The molecule has 0 aliphatic carbocycles. The van der Waals surface area contributed by atoms with Crippen LogP contribution < -0.4 is 10.4 Å². The first-order valence-corrected chi connectivity index (χ1v) is 11.4. The lowest BCUT2D eigenvalue weighted by Crippen LogP contribution is -2.60. The molecule has 2 aromatic rings. The normalized spacial score (nSPS) is 29.9. The summed E-state index contributed by atoms with van der Waals surface area (Å²) in [5.74, 6) is -1.01. The lowest BCUT2D eigenvalue weighted by molar-refractivity contribution is -0.296. The maximum absolute atomic E-state index is 12.9. The zero-order valence-electron chi connectivity index (χ0n) is 20.1. The maximum atomic E-state index is 12.9. The molecule has 1 aromatic carbocycles. The highest BCUT2D eigenvalue weighted by atomic mass is 16.7. The Kier molecular flexibility index (Phi) is 6.75. The molecule has 1 fully saturated rings. The SMILES string of the molecule is C=CC(C)(COC1OC(C(=O)O)C(O)C(O)C1O)c1cc2cc3c(cc2oc1=O)OC(C(C)(C)O)C3. The van der Waals surface area contributed by atoms with Crippen LogP contribution >= 0.6 is 0 Å². The molecule has 2 aliphatic rings. The zero-order chi connectivity index (χ0) is 26.6. The van der Waals surface area contributed by atoms with Crippen molar-refractivity contribution in [2.24, 2.45) is 0 Å². The Morgan fingerprint density at radius 3 is 2.47 bits per heavy atom. The van der Waals surface area contributed by atoms with Crippen molar-refractivity contribution < 1.29 is 49.0 Å². The number of hydrogen-bond acceptors (Lipinski definition) is 10. The number of carbonyl (C=O) groups is 1. The number of hydrogen-bond donors (Lipinski definition) is 5. The van der Waals surface area contributed by atoms with E-state index in [1.165, 1.54) is 6.08 Å². The first-order chi connectivity index (χ1) is 16.7. The van der Waals surface area contributed by atoms with Gasteiger partial charge in [-0.15, -0.1) is 6.58 Å². The van der Waals surface area contributed by atoms with E-state index in [9.17, 15) is 35.1 Å². The number of fused-ring (bicyclic) bond motifs is 2. The topological polar surface area (TPSA) is 176 Å². The van der Waals surface area contributed by atoms with Gasteiger partial charge in [0.1, 0.15) is 35.7 Å². The van der Waals surface area contributed by atoms with E-state index in [0.29, 0.717) is 23.1 Å². The molecular formula is C25H30O11. The molecule has 4 rings (SSSR count). The van der Waals surface area contributed by atoms with Crippen molar-refractivity contribution in [1.29, 1.82) is 0 Å². The molecule has 2 aliphatic heterocycles. The third-order valence-electron chi connectivity index (χ3n) is 6.80. The average molecular weight is 507 g/mol. The Hall–Kier alpha value is -2.80. The van der Waals surface area contributed by atoms with Crippen LogP contribution in [0.3, 0.4) is 0 Å². The second kappa shape index (κ2) is 9.25. The van der Waals surface area contributed by atoms with Crippen LogP contribution in [0.2, 0.25) is 0 Å². The first kappa shape index (κ1) is 26.3. The van der Waals surface area contributed by atoms with Crippen LogP contribution in [0.1, 0.15) is 31.9 Å². The van der Waals surface area contributed by atoms with Crippen molar-refractivity contribution in [2.75, 3.05) is 6.61 Å². The summed E-state index contributed by atoms with van der Waals surface area (Å²) in [6.45, 7) is 8.43. The van der Waals surface area contributed by atoms with E-state index < -0.39 is 59.4 Å². The van der Waals surface area contributed by atoms with Gasteiger partial charge in [0.15, 0.2) is 12.4 Å². The molecule has 3 heterocycles. The van der Waals surface area contributed by atoms with Crippen LogP contribution in [-0.4, -0.2) is 80.5 Å². The minimum atomic E-state index is -1.85. The van der Waals surface area contributed by atoms with Gasteiger partial charge in [0.25, 0.3) is 0 Å². The Morgan fingerprint density at radius 1 is 1.17 bits per heavy atom. The van der Waals surface area contributed by atoms with Crippen LogP contribution in [0.15, 0.2) is 40.1 Å². The minimum Gasteiger partial charge on any atom is -0.487 e. The second-order valence-electron chi connectivity index (χ2n) is 10.1. The lowest BCUT2D eigenvalue weighted by Gasteiger charge is -2.39.